The Morgan fingerprint density at radius 1 is 0.402 bits per heavy atom. The Morgan fingerprint density at radius 3 is 1.09 bits per heavy atom. The Kier molecular flexibility index (Phi) is 55.0. The molecule has 16 nitrogen and oxygen atoms in total. The number of aliphatic hydroxyl groups excluding tert-OH is 2. The summed E-state index contributed by atoms with van der Waals surface area (Å²) >= 11 is 0. The van der Waals surface area contributed by atoms with Crippen LogP contribution in [0.1, 0.15) is 253 Å². The maximum Gasteiger partial charge on any atom is 0.362 e. The number of ether oxygens (including phenoxy) is 6. The molecule has 0 aromatic rings. The second-order valence-corrected chi connectivity index (χ2v) is 23.6. The number of rotatable bonds is 54. The summed E-state index contributed by atoms with van der Waals surface area (Å²) in [6.45, 7) is 10.8. The molecule has 0 aromatic carbocycles. The predicted molar refractivity (Wildman–Crippen MR) is 317 cm³/mol. The smallest absolute Gasteiger partial charge is 0.362 e. The number of allylic oxidation sites excluding steroid dienone is 2. The molecule has 0 aliphatic carbocycles. The van der Waals surface area contributed by atoms with Crippen molar-refractivity contribution < 1.29 is 101 Å². The molecular weight excluding hydrogens is 1090 g/mol. The van der Waals surface area contributed by atoms with E-state index in [4.69, 9.17) is 28.4 Å². The van der Waals surface area contributed by atoms with E-state index in [9.17, 15) is 39.0 Å². The van der Waals surface area contributed by atoms with Gasteiger partial charge < -0.3 is 72.4 Å². The van der Waals surface area contributed by atoms with Gasteiger partial charge in [-0.3, -0.25) is 19.2 Å². The molecule has 0 spiro atoms. The average Bonchev–Trinajstić information content (AvgIpc) is 3.37. The molecule has 0 amide bonds. The van der Waals surface area contributed by atoms with Crippen LogP contribution in [0.5, 0.6) is 0 Å². The van der Waals surface area contributed by atoms with Crippen LogP contribution in [0.4, 0.5) is 0 Å². The van der Waals surface area contributed by atoms with Gasteiger partial charge in [-0.25, -0.2) is 9.59 Å². The second kappa shape index (κ2) is 54.4. The van der Waals surface area contributed by atoms with E-state index >= 15 is 0 Å². The summed E-state index contributed by atoms with van der Waals surface area (Å²) in [5, 5.41) is 22.1. The molecule has 0 saturated carbocycles. The van der Waals surface area contributed by atoms with E-state index in [0.29, 0.717) is 67.0 Å². The number of hydrogen-bond acceptors (Lipinski definition) is 14. The molecule has 82 heavy (non-hydrogen) atoms. The lowest BCUT2D eigenvalue weighted by atomic mass is 10.0. The summed E-state index contributed by atoms with van der Waals surface area (Å²) in [7, 11) is 7.53. The minimum absolute atomic E-state index is 0. The van der Waals surface area contributed by atoms with Crippen molar-refractivity contribution in [2.24, 2.45) is 0 Å². The third-order valence-electron chi connectivity index (χ3n) is 14.4. The number of aliphatic hydroxyl groups is 2. The molecule has 0 heterocycles. The number of quaternary nitrogens is 2. The Bertz CT molecular complexity index is 1570. The highest BCUT2D eigenvalue weighted by Gasteiger charge is 2.29. The standard InChI is InChI=1S/C64H118N2O14.2ClH/c1-10-13-16-19-24-33-40-47-64(79-60(71)45-38-31-27-22-20-25-29-34-41-56(69)58(43-36-17-14-11-2)77-62(73)52-65(6,7)48-50-75-54(4)67)80-61(72)46-39-32-28-23-21-26-30-35-42-57(70)59(44-37-18-15-12-3)78-63(74)53-66(8,9)49-51-76-55(5)68;;/h29-30,34-35,56-59,64,69-70H,10-28,31-33,36-53H2,1-9H3;2*1H/q+2;;/p-2. The van der Waals surface area contributed by atoms with Gasteiger partial charge in [-0.2, -0.15) is 0 Å². The molecule has 0 rings (SSSR count). The monoisotopic (exact) mass is 1210 g/mol. The first-order valence-electron chi connectivity index (χ1n) is 31.6. The summed E-state index contributed by atoms with van der Waals surface area (Å²) in [6.07, 6.45) is 34.3. The molecular formula is C64H118Cl2N2O14. The van der Waals surface area contributed by atoms with Crippen LogP contribution >= 0.6 is 0 Å². The van der Waals surface area contributed by atoms with E-state index in [1.807, 2.05) is 40.3 Å². The van der Waals surface area contributed by atoms with Gasteiger partial charge in [0.2, 0.25) is 6.29 Å². The molecule has 0 aliphatic heterocycles. The third-order valence-corrected chi connectivity index (χ3v) is 14.4. The number of unbranched alkanes of at least 4 members (excludes halogenated alkanes) is 22. The average molecular weight is 1210 g/mol. The first kappa shape index (κ1) is 82.9. The maximum absolute atomic E-state index is 13.0. The molecule has 18 heteroatoms. The number of carbonyl (C=O) groups excluding carboxylic acids is 6. The fourth-order valence-corrected chi connectivity index (χ4v) is 9.30. The van der Waals surface area contributed by atoms with Gasteiger partial charge in [0.25, 0.3) is 0 Å². The van der Waals surface area contributed by atoms with E-state index in [1.165, 1.54) is 39.5 Å². The minimum Gasteiger partial charge on any atom is -1.00 e. The quantitative estimate of drug-likeness (QED) is 0.0164. The summed E-state index contributed by atoms with van der Waals surface area (Å²) in [6, 6.07) is 0. The molecule has 0 aliphatic rings. The zero-order valence-electron chi connectivity index (χ0n) is 52.9. The van der Waals surface area contributed by atoms with E-state index in [0.717, 1.165) is 135 Å². The van der Waals surface area contributed by atoms with Crippen molar-refractivity contribution in [2.75, 3.05) is 67.6 Å². The normalized spacial score (nSPS) is 13.5. The lowest BCUT2D eigenvalue weighted by Gasteiger charge is -2.30. The van der Waals surface area contributed by atoms with Gasteiger partial charge in [-0.1, -0.05) is 161 Å². The van der Waals surface area contributed by atoms with Crippen LogP contribution < -0.4 is 24.8 Å². The SMILES string of the molecule is CCCCCCCCCC(OC(=O)CCCCCCCC=CCC(O)C(CCCCCC)OC(=O)C[N+](C)(C)CCOC(C)=O)OC(=O)CCCCCCCC=CCC(O)C(CCCCCC)OC(=O)C[N+](C)(C)CCOC(C)=O.[Cl-].[Cl-]. The largest absolute Gasteiger partial charge is 1.00 e. The van der Waals surface area contributed by atoms with Crippen molar-refractivity contribution in [1.82, 2.24) is 0 Å². The van der Waals surface area contributed by atoms with E-state index < -0.39 is 30.7 Å². The van der Waals surface area contributed by atoms with E-state index in [2.05, 4.69) is 32.9 Å². The van der Waals surface area contributed by atoms with Crippen molar-refractivity contribution in [3.05, 3.63) is 24.3 Å². The van der Waals surface area contributed by atoms with Crippen LogP contribution in [0, 0.1) is 0 Å². The highest BCUT2D eigenvalue weighted by molar-refractivity contribution is 5.72. The molecule has 4 unspecified atom stereocenters. The van der Waals surface area contributed by atoms with Crippen molar-refractivity contribution >= 4 is 35.8 Å². The van der Waals surface area contributed by atoms with Crippen molar-refractivity contribution in [1.29, 1.82) is 0 Å². The van der Waals surface area contributed by atoms with E-state index in [1.54, 1.807) is 0 Å². The lowest BCUT2D eigenvalue weighted by Crippen LogP contribution is -3.00. The van der Waals surface area contributed by atoms with Gasteiger partial charge in [0, 0.05) is 33.1 Å². The van der Waals surface area contributed by atoms with Crippen molar-refractivity contribution in [3.8, 4) is 0 Å². The molecule has 0 aromatic heterocycles. The fraction of sp³-hybridized carbons (Fsp3) is 0.844. The van der Waals surface area contributed by atoms with Crippen molar-refractivity contribution in [3.63, 3.8) is 0 Å². The minimum atomic E-state index is -0.861. The highest BCUT2D eigenvalue weighted by atomic mass is 35.5. The number of halogens is 2. The molecule has 2 N–H and O–H groups in total. The predicted octanol–water partition coefficient (Wildman–Crippen LogP) is 6.67. The molecule has 0 saturated heterocycles. The van der Waals surface area contributed by atoms with Crippen LogP contribution in [0.25, 0.3) is 0 Å². The van der Waals surface area contributed by atoms with Crippen LogP contribution in [0.2, 0.25) is 0 Å². The summed E-state index contributed by atoms with van der Waals surface area (Å²) in [5.74, 6) is -2.12. The maximum atomic E-state index is 13.0. The summed E-state index contributed by atoms with van der Waals surface area (Å²) < 4.78 is 33.9. The third kappa shape index (κ3) is 52.3. The van der Waals surface area contributed by atoms with Gasteiger partial charge in [-0.15, -0.1) is 0 Å². The van der Waals surface area contributed by atoms with Crippen LogP contribution in [0.3, 0.4) is 0 Å². The Balaban J connectivity index is -0.0000312. The molecule has 0 radical (unpaired) electrons. The Labute approximate surface area is 510 Å². The Morgan fingerprint density at radius 2 is 0.720 bits per heavy atom. The number of nitrogens with zero attached hydrogens (tertiary/aromatic N) is 2. The van der Waals surface area contributed by atoms with Crippen LogP contribution in [0.15, 0.2) is 24.3 Å². The summed E-state index contributed by atoms with van der Waals surface area (Å²) in [5.41, 5.74) is 0. The van der Waals surface area contributed by atoms with Crippen LogP contribution in [-0.2, 0) is 57.2 Å². The number of carbonyl (C=O) groups is 6. The highest BCUT2D eigenvalue weighted by Crippen LogP contribution is 2.20. The molecule has 4 atom stereocenters. The van der Waals surface area contributed by atoms with Gasteiger partial charge in [-0.05, 0) is 83.5 Å². The molecule has 0 fully saturated rings. The lowest BCUT2D eigenvalue weighted by molar-refractivity contribution is -0.883. The fourth-order valence-electron chi connectivity index (χ4n) is 9.30. The Hall–Kier alpha value is -3.28. The van der Waals surface area contributed by atoms with E-state index in [-0.39, 0.29) is 99.8 Å². The van der Waals surface area contributed by atoms with Gasteiger partial charge in [0.15, 0.2) is 13.1 Å². The molecule has 0 bridgehead atoms. The van der Waals surface area contributed by atoms with Crippen molar-refractivity contribution in [2.45, 2.75) is 284 Å². The van der Waals surface area contributed by atoms with Gasteiger partial charge >= 0.3 is 35.8 Å². The summed E-state index contributed by atoms with van der Waals surface area (Å²) in [4.78, 5) is 74.1. The topological polar surface area (TPSA) is 198 Å². The zero-order chi connectivity index (χ0) is 59.7. The number of hydrogen-bond donors (Lipinski definition) is 2. The zero-order valence-corrected chi connectivity index (χ0v) is 54.4. The molecule has 482 valence electrons. The number of esters is 6. The first-order valence-corrected chi connectivity index (χ1v) is 31.6. The second-order valence-electron chi connectivity index (χ2n) is 23.6. The van der Waals surface area contributed by atoms with Gasteiger partial charge in [0.1, 0.15) is 38.5 Å². The number of likely N-dealkylation sites (N-methyl/N-ethyl adjacent to an activating group) is 2. The first-order chi connectivity index (χ1) is 38.2. The van der Waals surface area contributed by atoms with Gasteiger partial charge in [0.05, 0.1) is 40.4 Å². The van der Waals surface area contributed by atoms with Crippen LogP contribution in [-0.4, -0.2) is 153 Å².